The number of nitrogens with one attached hydrogen (secondary N) is 1. The molecule has 1 atom stereocenters. The van der Waals surface area contributed by atoms with Gasteiger partial charge in [0.15, 0.2) is 6.61 Å². The fraction of sp³-hybridized carbons (Fsp3) is 0.118. The summed E-state index contributed by atoms with van der Waals surface area (Å²) in [6.07, 6.45) is 0. The van der Waals surface area contributed by atoms with Crippen LogP contribution in [0.5, 0.6) is 0 Å². The highest BCUT2D eigenvalue weighted by Gasteiger charge is 2.49. The summed E-state index contributed by atoms with van der Waals surface area (Å²) in [6, 6.07) is 17.6. The van der Waals surface area contributed by atoms with Gasteiger partial charge in [0.25, 0.3) is 11.8 Å². The normalized spacial score (nSPS) is 19.6. The van der Waals surface area contributed by atoms with Gasteiger partial charge in [-0.05, 0) is 12.1 Å². The molecule has 3 N–H and O–H groups in total. The minimum atomic E-state index is -1.49. The van der Waals surface area contributed by atoms with Crippen molar-refractivity contribution in [1.82, 2.24) is 5.32 Å². The molecule has 3 rings (SSSR count). The van der Waals surface area contributed by atoms with Gasteiger partial charge in [0.1, 0.15) is 5.71 Å². The van der Waals surface area contributed by atoms with Crippen LogP contribution in [0.2, 0.25) is 0 Å². The Kier molecular flexibility index (Phi) is 3.80. The van der Waals surface area contributed by atoms with Crippen molar-refractivity contribution in [2.45, 2.75) is 5.54 Å². The smallest absolute Gasteiger partial charge is 0.253 e. The van der Waals surface area contributed by atoms with Crippen molar-refractivity contribution in [2.75, 3.05) is 6.61 Å². The Morgan fingerprint density at radius 3 is 2.26 bits per heavy atom. The number of carbonyl (C=O) groups is 2. The second-order valence-corrected chi connectivity index (χ2v) is 5.17. The van der Waals surface area contributed by atoms with E-state index in [2.05, 4.69) is 10.5 Å². The molecule has 2 amide bonds. The summed E-state index contributed by atoms with van der Waals surface area (Å²) in [5.41, 5.74) is 5.47. The monoisotopic (exact) mass is 309 g/mol. The minimum absolute atomic E-state index is 0.134. The molecule has 0 saturated carbocycles. The number of nitrogens with two attached hydrogens (primary N) is 1. The Hall–Kier alpha value is -3.15. The molecule has 0 radical (unpaired) electrons. The van der Waals surface area contributed by atoms with Gasteiger partial charge in [-0.2, -0.15) is 0 Å². The van der Waals surface area contributed by atoms with Gasteiger partial charge in [0.05, 0.1) is 0 Å². The molecule has 23 heavy (non-hydrogen) atoms. The van der Waals surface area contributed by atoms with Crippen molar-refractivity contribution in [3.05, 3.63) is 71.8 Å². The van der Waals surface area contributed by atoms with E-state index in [1.165, 1.54) is 0 Å². The minimum Gasteiger partial charge on any atom is -0.392 e. The number of rotatable bonds is 4. The van der Waals surface area contributed by atoms with E-state index in [0.717, 1.165) is 0 Å². The first-order chi connectivity index (χ1) is 11.1. The van der Waals surface area contributed by atoms with Crippen molar-refractivity contribution >= 4 is 17.5 Å². The van der Waals surface area contributed by atoms with Crippen molar-refractivity contribution in [3.8, 4) is 0 Å². The van der Waals surface area contributed by atoms with Crippen LogP contribution in [-0.2, 0) is 9.63 Å². The highest BCUT2D eigenvalue weighted by atomic mass is 16.6. The van der Waals surface area contributed by atoms with Crippen molar-refractivity contribution in [2.24, 2.45) is 10.9 Å². The van der Waals surface area contributed by atoms with Gasteiger partial charge in [-0.25, -0.2) is 0 Å². The Morgan fingerprint density at radius 2 is 1.65 bits per heavy atom. The van der Waals surface area contributed by atoms with Crippen LogP contribution in [0.1, 0.15) is 15.9 Å². The SMILES string of the molecule is NC(=O)C1(NC(=O)c2ccccc2)CON=C1c1ccccc1. The average molecular weight is 309 g/mol. The zero-order chi connectivity index (χ0) is 16.3. The first-order valence-corrected chi connectivity index (χ1v) is 7.07. The number of benzene rings is 2. The molecule has 0 spiro atoms. The lowest BCUT2D eigenvalue weighted by atomic mass is 9.88. The Labute approximate surface area is 132 Å². The number of hydrogen-bond donors (Lipinski definition) is 2. The molecule has 6 nitrogen and oxygen atoms in total. The van der Waals surface area contributed by atoms with Gasteiger partial charge >= 0.3 is 0 Å². The highest BCUT2D eigenvalue weighted by Crippen LogP contribution is 2.22. The lowest BCUT2D eigenvalue weighted by Gasteiger charge is -2.26. The van der Waals surface area contributed by atoms with Crippen LogP contribution in [-0.4, -0.2) is 29.7 Å². The van der Waals surface area contributed by atoms with Crippen LogP contribution < -0.4 is 11.1 Å². The van der Waals surface area contributed by atoms with Crippen molar-refractivity contribution < 1.29 is 14.4 Å². The Balaban J connectivity index is 1.96. The lowest BCUT2D eigenvalue weighted by molar-refractivity contribution is -0.122. The summed E-state index contributed by atoms with van der Waals surface area (Å²) in [7, 11) is 0. The number of amides is 2. The van der Waals surface area contributed by atoms with Gasteiger partial charge in [-0.1, -0.05) is 53.7 Å². The number of primary amides is 1. The quantitative estimate of drug-likeness (QED) is 0.884. The van der Waals surface area contributed by atoms with Crippen LogP contribution in [0.25, 0.3) is 0 Å². The van der Waals surface area contributed by atoms with E-state index in [0.29, 0.717) is 16.8 Å². The summed E-state index contributed by atoms with van der Waals surface area (Å²) in [6.45, 7) is -0.134. The molecule has 0 aromatic heterocycles. The topological polar surface area (TPSA) is 93.8 Å². The molecule has 0 aliphatic carbocycles. The van der Waals surface area contributed by atoms with Crippen molar-refractivity contribution in [1.29, 1.82) is 0 Å². The molecule has 2 aromatic carbocycles. The fourth-order valence-corrected chi connectivity index (χ4v) is 2.44. The van der Waals surface area contributed by atoms with E-state index in [-0.39, 0.29) is 6.61 Å². The largest absolute Gasteiger partial charge is 0.392 e. The number of oxime groups is 1. The summed E-state index contributed by atoms with van der Waals surface area (Å²) < 4.78 is 0. The molecular formula is C17H15N3O3. The first-order valence-electron chi connectivity index (χ1n) is 7.07. The van der Waals surface area contributed by atoms with Gasteiger partial charge in [0, 0.05) is 11.1 Å². The molecule has 6 heteroatoms. The van der Waals surface area contributed by atoms with Crippen LogP contribution in [0.15, 0.2) is 65.8 Å². The lowest BCUT2D eigenvalue weighted by Crippen LogP contribution is -2.63. The maximum atomic E-state index is 12.5. The molecule has 0 bridgehead atoms. The second-order valence-electron chi connectivity index (χ2n) is 5.17. The van der Waals surface area contributed by atoms with Crippen LogP contribution in [0.4, 0.5) is 0 Å². The van der Waals surface area contributed by atoms with Crippen molar-refractivity contribution in [3.63, 3.8) is 0 Å². The molecule has 0 saturated heterocycles. The first kappa shape index (κ1) is 14.8. The summed E-state index contributed by atoms with van der Waals surface area (Å²) >= 11 is 0. The van der Waals surface area contributed by atoms with E-state index >= 15 is 0 Å². The summed E-state index contributed by atoms with van der Waals surface area (Å²) in [5, 5.41) is 6.62. The predicted octanol–water partition coefficient (Wildman–Crippen LogP) is 1.07. The Morgan fingerprint density at radius 1 is 1.04 bits per heavy atom. The van der Waals surface area contributed by atoms with Crippen LogP contribution in [0.3, 0.4) is 0 Å². The zero-order valence-electron chi connectivity index (χ0n) is 12.2. The van der Waals surface area contributed by atoms with E-state index in [1.807, 2.05) is 6.07 Å². The summed E-state index contributed by atoms with van der Waals surface area (Å²) in [4.78, 5) is 29.7. The fourth-order valence-electron chi connectivity index (χ4n) is 2.44. The predicted molar refractivity (Wildman–Crippen MR) is 84.8 cm³/mol. The van der Waals surface area contributed by atoms with Gasteiger partial charge in [-0.3, -0.25) is 9.59 Å². The molecule has 1 aliphatic heterocycles. The molecular weight excluding hydrogens is 294 g/mol. The average Bonchev–Trinajstić information content (AvgIpc) is 3.01. The maximum Gasteiger partial charge on any atom is 0.253 e. The molecule has 116 valence electrons. The number of carbonyl (C=O) groups excluding carboxylic acids is 2. The standard InChI is InChI=1S/C17H15N3O3/c18-16(22)17(19-15(21)13-9-5-2-6-10-13)11-23-20-14(17)12-7-3-1-4-8-12/h1-10H,11H2,(H2,18,22)(H,19,21). The van der Waals surface area contributed by atoms with Crippen LogP contribution >= 0.6 is 0 Å². The van der Waals surface area contributed by atoms with Gasteiger partial charge in [0.2, 0.25) is 5.54 Å². The van der Waals surface area contributed by atoms with E-state index in [4.69, 9.17) is 10.6 Å². The molecule has 1 unspecified atom stereocenters. The molecule has 0 fully saturated rings. The van der Waals surface area contributed by atoms with E-state index < -0.39 is 17.4 Å². The summed E-state index contributed by atoms with van der Waals surface area (Å²) in [5.74, 6) is -1.14. The third-order valence-electron chi connectivity index (χ3n) is 3.67. The zero-order valence-corrected chi connectivity index (χ0v) is 12.2. The third kappa shape index (κ3) is 2.66. The second kappa shape index (κ2) is 5.92. The van der Waals surface area contributed by atoms with Gasteiger partial charge < -0.3 is 15.9 Å². The highest BCUT2D eigenvalue weighted by molar-refractivity contribution is 6.23. The maximum absolute atomic E-state index is 12.5. The molecule has 1 aliphatic rings. The molecule has 1 heterocycles. The number of hydrogen-bond acceptors (Lipinski definition) is 4. The number of nitrogens with zero attached hydrogens (tertiary/aromatic N) is 1. The third-order valence-corrected chi connectivity index (χ3v) is 3.67. The van der Waals surface area contributed by atoms with E-state index in [9.17, 15) is 9.59 Å². The van der Waals surface area contributed by atoms with E-state index in [1.54, 1.807) is 54.6 Å². The Bertz CT molecular complexity index is 759. The van der Waals surface area contributed by atoms with Crippen LogP contribution in [0, 0.1) is 0 Å². The molecule has 2 aromatic rings. The van der Waals surface area contributed by atoms with Gasteiger partial charge in [-0.15, -0.1) is 0 Å².